The van der Waals surface area contributed by atoms with Crippen LogP contribution >= 0.6 is 15.9 Å². The molecule has 0 saturated heterocycles. The molecule has 3 aromatic heterocycles. The predicted octanol–water partition coefficient (Wildman–Crippen LogP) is 7.59. The van der Waals surface area contributed by atoms with Crippen LogP contribution in [0.2, 0.25) is 0 Å². The number of amides is 2. The molecule has 0 aliphatic heterocycles. The van der Waals surface area contributed by atoms with Crippen molar-refractivity contribution in [3.63, 3.8) is 0 Å². The lowest BCUT2D eigenvalue weighted by atomic mass is 9.92. The standard InChI is InChI=1S/C30H28BrN9O/c1-30(2,3)26-15-27(40(39-26)23-10-7-19(31)8-11-23)36-29(41)35-21-6-4-5-20(13-21)34-22-9-12-24-25(14-22)37-38-28(24)18-16-32-33-17-18/h4-17,34H,1-3H3,(H,32,33)(H,37,38)(H2,35,36,41). The highest BCUT2D eigenvalue weighted by Crippen LogP contribution is 2.30. The zero-order chi connectivity index (χ0) is 28.6. The Balaban J connectivity index is 1.18. The second kappa shape index (κ2) is 10.6. The van der Waals surface area contributed by atoms with Gasteiger partial charge in [0.25, 0.3) is 0 Å². The number of carbonyl (C=O) groups excluding carboxylic acids is 1. The van der Waals surface area contributed by atoms with E-state index in [4.69, 9.17) is 5.10 Å². The lowest BCUT2D eigenvalue weighted by Crippen LogP contribution is -2.21. The lowest BCUT2D eigenvalue weighted by molar-refractivity contribution is 0.262. The summed E-state index contributed by atoms with van der Waals surface area (Å²) >= 11 is 3.47. The highest BCUT2D eigenvalue weighted by molar-refractivity contribution is 9.10. The number of nitrogens with zero attached hydrogens (tertiary/aromatic N) is 4. The van der Waals surface area contributed by atoms with E-state index in [-0.39, 0.29) is 11.4 Å². The van der Waals surface area contributed by atoms with Gasteiger partial charge in [-0.05, 0) is 60.7 Å². The fourth-order valence-electron chi connectivity index (χ4n) is 4.43. The molecule has 0 aliphatic rings. The fraction of sp³-hybridized carbons (Fsp3) is 0.133. The van der Waals surface area contributed by atoms with Gasteiger partial charge in [0, 0.05) is 50.2 Å². The van der Waals surface area contributed by atoms with Gasteiger partial charge in [-0.2, -0.15) is 15.3 Å². The first-order chi connectivity index (χ1) is 19.7. The SMILES string of the molecule is CC(C)(C)c1cc(NC(=O)Nc2cccc(Nc3ccc4c(-c5cn[nH]c5)n[nH]c4c3)c2)n(-c2ccc(Br)cc2)n1. The van der Waals surface area contributed by atoms with Gasteiger partial charge < -0.3 is 10.6 Å². The molecule has 0 radical (unpaired) electrons. The molecule has 41 heavy (non-hydrogen) atoms. The number of aromatic nitrogens is 6. The maximum atomic E-state index is 13.1. The first-order valence-electron chi connectivity index (χ1n) is 13.0. The van der Waals surface area contributed by atoms with E-state index in [2.05, 4.69) is 73.0 Å². The maximum absolute atomic E-state index is 13.1. The first-order valence-corrected chi connectivity index (χ1v) is 13.8. The van der Waals surface area contributed by atoms with Crippen molar-refractivity contribution in [1.29, 1.82) is 0 Å². The number of nitrogens with one attached hydrogen (secondary N) is 5. The third-order valence-electron chi connectivity index (χ3n) is 6.53. The van der Waals surface area contributed by atoms with Crippen molar-refractivity contribution >= 4 is 55.7 Å². The molecular formula is C30H28BrN9O. The summed E-state index contributed by atoms with van der Waals surface area (Å²) in [6.07, 6.45) is 3.56. The summed E-state index contributed by atoms with van der Waals surface area (Å²) in [5.74, 6) is 0.576. The number of hydrogen-bond acceptors (Lipinski definition) is 5. The fourth-order valence-corrected chi connectivity index (χ4v) is 4.70. The van der Waals surface area contributed by atoms with Crippen LogP contribution in [0.5, 0.6) is 0 Å². The van der Waals surface area contributed by atoms with Gasteiger partial charge in [0.15, 0.2) is 0 Å². The van der Waals surface area contributed by atoms with Gasteiger partial charge in [-0.1, -0.05) is 42.8 Å². The lowest BCUT2D eigenvalue weighted by Gasteiger charge is -2.14. The maximum Gasteiger partial charge on any atom is 0.324 e. The van der Waals surface area contributed by atoms with E-state index in [0.717, 1.165) is 49.4 Å². The average molecular weight is 611 g/mol. The predicted molar refractivity (Wildman–Crippen MR) is 166 cm³/mol. The number of rotatable bonds is 6. The zero-order valence-corrected chi connectivity index (χ0v) is 24.2. The molecule has 0 atom stereocenters. The van der Waals surface area contributed by atoms with Gasteiger partial charge in [-0.25, -0.2) is 9.48 Å². The summed E-state index contributed by atoms with van der Waals surface area (Å²) in [5.41, 5.74) is 6.54. The number of fused-ring (bicyclic) bond motifs is 1. The number of anilines is 4. The molecule has 5 N–H and O–H groups in total. The molecule has 0 aliphatic carbocycles. The molecule has 6 aromatic rings. The number of benzene rings is 3. The van der Waals surface area contributed by atoms with Crippen LogP contribution in [-0.4, -0.2) is 36.2 Å². The molecule has 0 unspecified atom stereocenters. The third kappa shape index (κ3) is 5.71. The summed E-state index contributed by atoms with van der Waals surface area (Å²) in [6.45, 7) is 6.27. The second-order valence-corrected chi connectivity index (χ2v) is 11.6. The summed E-state index contributed by atoms with van der Waals surface area (Å²) in [6, 6.07) is 22.8. The van der Waals surface area contributed by atoms with Gasteiger partial charge in [0.05, 0.1) is 23.1 Å². The van der Waals surface area contributed by atoms with Crippen molar-refractivity contribution in [2.45, 2.75) is 26.2 Å². The Bertz CT molecular complexity index is 1830. The van der Waals surface area contributed by atoms with Crippen LogP contribution in [0, 0.1) is 0 Å². The van der Waals surface area contributed by atoms with Crippen LogP contribution in [-0.2, 0) is 5.41 Å². The number of halogens is 1. The molecule has 2 amide bonds. The minimum atomic E-state index is -0.369. The molecular weight excluding hydrogens is 582 g/mol. The number of carbonyl (C=O) groups is 1. The molecule has 3 heterocycles. The minimum absolute atomic E-state index is 0.187. The number of urea groups is 1. The van der Waals surface area contributed by atoms with Crippen LogP contribution in [0.4, 0.5) is 27.7 Å². The Morgan fingerprint density at radius 3 is 2.46 bits per heavy atom. The van der Waals surface area contributed by atoms with E-state index in [0.29, 0.717) is 11.5 Å². The number of aromatic amines is 2. The monoisotopic (exact) mass is 609 g/mol. The van der Waals surface area contributed by atoms with E-state index in [9.17, 15) is 4.79 Å². The van der Waals surface area contributed by atoms with E-state index in [1.54, 1.807) is 10.9 Å². The number of H-pyrrole nitrogens is 2. The van der Waals surface area contributed by atoms with E-state index in [1.165, 1.54) is 0 Å². The minimum Gasteiger partial charge on any atom is -0.355 e. The van der Waals surface area contributed by atoms with Crippen molar-refractivity contribution in [3.8, 4) is 16.9 Å². The highest BCUT2D eigenvalue weighted by Gasteiger charge is 2.21. The van der Waals surface area contributed by atoms with Crippen LogP contribution < -0.4 is 16.0 Å². The van der Waals surface area contributed by atoms with Crippen molar-refractivity contribution in [3.05, 3.63) is 95.4 Å². The van der Waals surface area contributed by atoms with Gasteiger partial charge in [0.2, 0.25) is 0 Å². The van der Waals surface area contributed by atoms with E-state index in [1.807, 2.05) is 79.0 Å². The van der Waals surface area contributed by atoms with Crippen molar-refractivity contribution in [2.75, 3.05) is 16.0 Å². The van der Waals surface area contributed by atoms with Gasteiger partial charge in [-0.3, -0.25) is 15.5 Å². The molecule has 6 rings (SSSR count). The first kappa shape index (κ1) is 26.3. The Morgan fingerprint density at radius 1 is 0.927 bits per heavy atom. The Labute approximate surface area is 244 Å². The summed E-state index contributed by atoms with van der Waals surface area (Å²) < 4.78 is 2.71. The molecule has 3 aromatic carbocycles. The Hall–Kier alpha value is -4.90. The second-order valence-electron chi connectivity index (χ2n) is 10.7. The largest absolute Gasteiger partial charge is 0.355 e. The highest BCUT2D eigenvalue weighted by atomic mass is 79.9. The molecule has 0 saturated carbocycles. The van der Waals surface area contributed by atoms with Crippen LogP contribution in [0.1, 0.15) is 26.5 Å². The van der Waals surface area contributed by atoms with Crippen molar-refractivity contribution in [1.82, 2.24) is 30.2 Å². The molecule has 206 valence electrons. The van der Waals surface area contributed by atoms with Crippen LogP contribution in [0.25, 0.3) is 27.8 Å². The normalized spacial score (nSPS) is 11.5. The summed E-state index contributed by atoms with van der Waals surface area (Å²) in [7, 11) is 0. The molecule has 11 heteroatoms. The van der Waals surface area contributed by atoms with E-state index < -0.39 is 0 Å². The third-order valence-corrected chi connectivity index (χ3v) is 7.06. The van der Waals surface area contributed by atoms with Gasteiger partial charge in [-0.15, -0.1) is 0 Å². The topological polar surface area (TPSA) is 128 Å². The summed E-state index contributed by atoms with van der Waals surface area (Å²) in [4.78, 5) is 13.1. The van der Waals surface area contributed by atoms with Gasteiger partial charge in [0.1, 0.15) is 11.5 Å². The van der Waals surface area contributed by atoms with E-state index >= 15 is 0 Å². The van der Waals surface area contributed by atoms with Crippen LogP contribution in [0.3, 0.4) is 0 Å². The van der Waals surface area contributed by atoms with Crippen molar-refractivity contribution < 1.29 is 4.79 Å². The average Bonchev–Trinajstić information content (AvgIpc) is 3.69. The Kier molecular flexibility index (Phi) is 6.80. The summed E-state index contributed by atoms with van der Waals surface area (Å²) in [5, 5.41) is 29.4. The van der Waals surface area contributed by atoms with Crippen molar-refractivity contribution in [2.24, 2.45) is 0 Å². The van der Waals surface area contributed by atoms with Gasteiger partial charge >= 0.3 is 6.03 Å². The Morgan fingerprint density at radius 2 is 1.71 bits per heavy atom. The molecule has 0 fully saturated rings. The van der Waals surface area contributed by atoms with Crippen LogP contribution in [0.15, 0.2) is 89.7 Å². The molecule has 0 spiro atoms. The molecule has 0 bridgehead atoms. The zero-order valence-electron chi connectivity index (χ0n) is 22.7. The smallest absolute Gasteiger partial charge is 0.324 e. The molecule has 10 nitrogen and oxygen atoms in total. The number of hydrogen-bond donors (Lipinski definition) is 5. The quantitative estimate of drug-likeness (QED) is 0.133.